The number of likely N-dealkylation sites (tertiary alicyclic amines) is 1. The van der Waals surface area contributed by atoms with Gasteiger partial charge in [0.25, 0.3) is 5.91 Å². The molecule has 2 aromatic rings. The zero-order chi connectivity index (χ0) is 17.6. The lowest BCUT2D eigenvalue weighted by Gasteiger charge is -2.26. The summed E-state index contributed by atoms with van der Waals surface area (Å²) in [6, 6.07) is 11.2. The summed E-state index contributed by atoms with van der Waals surface area (Å²) in [5.41, 5.74) is 1.61. The van der Waals surface area contributed by atoms with Gasteiger partial charge in [0.15, 0.2) is 0 Å². The maximum Gasteiger partial charge on any atom is 0.254 e. The second kappa shape index (κ2) is 8.12. The SMILES string of the molecule is CC(O)CC1CCCN1C(=O)c1cccc(OCc2cccnc2)c1. The molecule has 1 fully saturated rings. The Morgan fingerprint density at radius 1 is 1.40 bits per heavy atom. The predicted octanol–water partition coefficient (Wildman–Crippen LogP) is 3.04. The Bertz CT molecular complexity index is 703. The van der Waals surface area contributed by atoms with Crippen LogP contribution in [-0.2, 0) is 6.61 Å². The van der Waals surface area contributed by atoms with Crippen LogP contribution in [0.5, 0.6) is 5.75 Å². The first-order valence-corrected chi connectivity index (χ1v) is 8.74. The molecule has 1 saturated heterocycles. The molecule has 2 heterocycles. The summed E-state index contributed by atoms with van der Waals surface area (Å²) in [5.74, 6) is 0.677. The fraction of sp³-hybridized carbons (Fsp3) is 0.400. The number of carbonyl (C=O) groups is 1. The van der Waals surface area contributed by atoms with Crippen molar-refractivity contribution in [2.75, 3.05) is 6.54 Å². The number of aromatic nitrogens is 1. The molecule has 0 spiro atoms. The van der Waals surface area contributed by atoms with E-state index in [1.54, 1.807) is 25.4 Å². The van der Waals surface area contributed by atoms with Crippen molar-refractivity contribution in [3.8, 4) is 5.75 Å². The van der Waals surface area contributed by atoms with Gasteiger partial charge >= 0.3 is 0 Å². The van der Waals surface area contributed by atoms with Crippen LogP contribution in [0.4, 0.5) is 0 Å². The number of hydrogen-bond donors (Lipinski definition) is 1. The minimum atomic E-state index is -0.396. The molecule has 0 bridgehead atoms. The quantitative estimate of drug-likeness (QED) is 0.878. The summed E-state index contributed by atoms with van der Waals surface area (Å²) in [5, 5.41) is 9.64. The molecular weight excluding hydrogens is 316 g/mol. The first kappa shape index (κ1) is 17.4. The van der Waals surface area contributed by atoms with Crippen molar-refractivity contribution in [1.29, 1.82) is 0 Å². The molecule has 0 aliphatic carbocycles. The molecule has 2 atom stereocenters. The third kappa shape index (κ3) is 4.57. The summed E-state index contributed by atoms with van der Waals surface area (Å²) in [6.45, 7) is 2.94. The lowest BCUT2D eigenvalue weighted by atomic mass is 10.1. The van der Waals surface area contributed by atoms with E-state index in [0.717, 1.165) is 24.9 Å². The summed E-state index contributed by atoms with van der Waals surface area (Å²) >= 11 is 0. The molecule has 1 aromatic heterocycles. The van der Waals surface area contributed by atoms with Gasteiger partial charge in [-0.15, -0.1) is 0 Å². The number of benzene rings is 1. The average Bonchev–Trinajstić information content (AvgIpc) is 3.08. The second-order valence-corrected chi connectivity index (χ2v) is 6.56. The van der Waals surface area contributed by atoms with Crippen molar-refractivity contribution >= 4 is 5.91 Å². The van der Waals surface area contributed by atoms with E-state index in [1.165, 1.54) is 0 Å². The van der Waals surface area contributed by atoms with Gasteiger partial charge < -0.3 is 14.7 Å². The fourth-order valence-corrected chi connectivity index (χ4v) is 3.28. The number of ether oxygens (including phenoxy) is 1. The summed E-state index contributed by atoms with van der Waals surface area (Å²) < 4.78 is 5.79. The maximum atomic E-state index is 12.8. The van der Waals surface area contributed by atoms with E-state index in [9.17, 15) is 9.90 Å². The molecule has 3 rings (SSSR count). The normalized spacial score (nSPS) is 18.2. The predicted molar refractivity (Wildman–Crippen MR) is 95.4 cm³/mol. The Kier molecular flexibility index (Phi) is 5.66. The largest absolute Gasteiger partial charge is 0.489 e. The van der Waals surface area contributed by atoms with Crippen LogP contribution in [0.15, 0.2) is 48.8 Å². The fourth-order valence-electron chi connectivity index (χ4n) is 3.28. The van der Waals surface area contributed by atoms with Gasteiger partial charge in [-0.05, 0) is 50.5 Å². The molecular formula is C20H24N2O3. The number of rotatable bonds is 6. The van der Waals surface area contributed by atoms with E-state index in [4.69, 9.17) is 4.74 Å². The first-order valence-electron chi connectivity index (χ1n) is 8.74. The zero-order valence-electron chi connectivity index (χ0n) is 14.5. The first-order chi connectivity index (χ1) is 12.1. The standard InChI is InChI=1S/C20H24N2O3/c1-15(23)11-18-7-4-10-22(18)20(24)17-6-2-8-19(12-17)25-14-16-5-3-9-21-13-16/h2-3,5-6,8-9,12-13,15,18,23H,4,7,10-11,14H2,1H3. The number of hydrogen-bond acceptors (Lipinski definition) is 4. The molecule has 25 heavy (non-hydrogen) atoms. The molecule has 1 aliphatic rings. The Morgan fingerprint density at radius 3 is 3.04 bits per heavy atom. The average molecular weight is 340 g/mol. The molecule has 1 aliphatic heterocycles. The molecule has 1 N–H and O–H groups in total. The summed E-state index contributed by atoms with van der Waals surface area (Å²) in [6.07, 6.45) is 5.66. The highest BCUT2D eigenvalue weighted by atomic mass is 16.5. The summed E-state index contributed by atoms with van der Waals surface area (Å²) in [7, 11) is 0. The van der Waals surface area contributed by atoms with E-state index in [1.807, 2.05) is 35.2 Å². The molecule has 0 radical (unpaired) electrons. The van der Waals surface area contributed by atoms with Gasteiger partial charge in [0.05, 0.1) is 6.10 Å². The highest BCUT2D eigenvalue weighted by Gasteiger charge is 2.30. The minimum absolute atomic E-state index is 0.00924. The number of aliphatic hydroxyl groups excluding tert-OH is 1. The van der Waals surface area contributed by atoms with Crippen molar-refractivity contribution in [1.82, 2.24) is 9.88 Å². The van der Waals surface area contributed by atoms with Crippen molar-refractivity contribution in [2.24, 2.45) is 0 Å². The van der Waals surface area contributed by atoms with Crippen molar-refractivity contribution in [3.63, 3.8) is 0 Å². The van der Waals surface area contributed by atoms with Crippen LogP contribution < -0.4 is 4.74 Å². The Labute approximate surface area is 148 Å². The van der Waals surface area contributed by atoms with Gasteiger partial charge in [-0.3, -0.25) is 9.78 Å². The zero-order valence-corrected chi connectivity index (χ0v) is 14.5. The third-order valence-electron chi connectivity index (χ3n) is 4.46. The molecule has 1 aromatic carbocycles. The monoisotopic (exact) mass is 340 g/mol. The van der Waals surface area contributed by atoms with Gasteiger partial charge in [-0.25, -0.2) is 0 Å². The van der Waals surface area contributed by atoms with Crippen LogP contribution in [0.2, 0.25) is 0 Å². The lowest BCUT2D eigenvalue weighted by molar-refractivity contribution is 0.0681. The van der Waals surface area contributed by atoms with E-state index in [-0.39, 0.29) is 11.9 Å². The van der Waals surface area contributed by atoms with Crippen LogP contribution in [0, 0.1) is 0 Å². The van der Waals surface area contributed by atoms with Gasteiger partial charge in [-0.2, -0.15) is 0 Å². The molecule has 5 nitrogen and oxygen atoms in total. The molecule has 2 unspecified atom stereocenters. The number of aliphatic hydroxyl groups is 1. The van der Waals surface area contributed by atoms with Crippen LogP contribution in [-0.4, -0.2) is 39.6 Å². The van der Waals surface area contributed by atoms with Crippen molar-refractivity contribution in [3.05, 3.63) is 59.9 Å². The molecule has 5 heteroatoms. The van der Waals surface area contributed by atoms with E-state index >= 15 is 0 Å². The van der Waals surface area contributed by atoms with Crippen LogP contribution in [0.1, 0.15) is 42.1 Å². The number of nitrogens with zero attached hydrogens (tertiary/aromatic N) is 2. The molecule has 0 saturated carbocycles. The summed E-state index contributed by atoms with van der Waals surface area (Å²) in [4.78, 5) is 18.8. The van der Waals surface area contributed by atoms with Gasteiger partial charge in [-0.1, -0.05) is 12.1 Å². The van der Waals surface area contributed by atoms with Crippen molar-refractivity contribution in [2.45, 2.75) is 44.9 Å². The van der Waals surface area contributed by atoms with Gasteiger partial charge in [0.2, 0.25) is 0 Å². The van der Waals surface area contributed by atoms with Crippen LogP contribution in [0.3, 0.4) is 0 Å². The molecule has 1 amide bonds. The molecule has 132 valence electrons. The second-order valence-electron chi connectivity index (χ2n) is 6.56. The van der Waals surface area contributed by atoms with E-state index in [0.29, 0.717) is 24.3 Å². The van der Waals surface area contributed by atoms with Crippen LogP contribution >= 0.6 is 0 Å². The highest BCUT2D eigenvalue weighted by Crippen LogP contribution is 2.25. The third-order valence-corrected chi connectivity index (χ3v) is 4.46. The van der Waals surface area contributed by atoms with Crippen molar-refractivity contribution < 1.29 is 14.6 Å². The number of pyridine rings is 1. The number of amides is 1. The minimum Gasteiger partial charge on any atom is -0.489 e. The van der Waals surface area contributed by atoms with E-state index < -0.39 is 6.10 Å². The maximum absolute atomic E-state index is 12.8. The Morgan fingerprint density at radius 2 is 2.28 bits per heavy atom. The van der Waals surface area contributed by atoms with E-state index in [2.05, 4.69) is 4.98 Å². The smallest absolute Gasteiger partial charge is 0.254 e. The van der Waals surface area contributed by atoms with Crippen LogP contribution in [0.25, 0.3) is 0 Å². The Balaban J connectivity index is 1.67. The lowest BCUT2D eigenvalue weighted by Crippen LogP contribution is -2.37. The number of carbonyl (C=O) groups excluding carboxylic acids is 1. The highest BCUT2D eigenvalue weighted by molar-refractivity contribution is 5.95. The topological polar surface area (TPSA) is 62.7 Å². The Hall–Kier alpha value is -2.40. The van der Waals surface area contributed by atoms with Gasteiger partial charge in [0.1, 0.15) is 12.4 Å². The van der Waals surface area contributed by atoms with Gasteiger partial charge in [0, 0.05) is 36.1 Å².